The molecule has 0 N–H and O–H groups in total. The van der Waals surface area contributed by atoms with Gasteiger partial charge in [0.05, 0.1) is 0 Å². The lowest BCUT2D eigenvalue weighted by atomic mass is 10.00. The molecule has 0 radical (unpaired) electrons. The highest BCUT2D eigenvalue weighted by Crippen LogP contribution is 2.26. The van der Waals surface area contributed by atoms with E-state index < -0.39 is 0 Å². The van der Waals surface area contributed by atoms with Gasteiger partial charge in [-0.25, -0.2) is 15.0 Å². The number of nitrogens with zero attached hydrogens (tertiary/aromatic N) is 5. The highest BCUT2D eigenvalue weighted by atomic mass is 32.2. The number of hydrogen-bond donors (Lipinski definition) is 0. The minimum absolute atomic E-state index is 0.474. The summed E-state index contributed by atoms with van der Waals surface area (Å²) in [7, 11) is 0. The summed E-state index contributed by atoms with van der Waals surface area (Å²) in [5, 5.41) is 0.840. The van der Waals surface area contributed by atoms with Crippen molar-refractivity contribution in [2.45, 2.75) is 31.5 Å². The van der Waals surface area contributed by atoms with E-state index in [0.717, 1.165) is 30.6 Å². The number of anilines is 1. The molecule has 2 aromatic rings. The minimum atomic E-state index is 0.474. The van der Waals surface area contributed by atoms with Gasteiger partial charge in [-0.15, -0.1) is 0 Å². The fourth-order valence-electron chi connectivity index (χ4n) is 2.73. The molecule has 0 spiro atoms. The summed E-state index contributed by atoms with van der Waals surface area (Å²) in [6, 6.07) is 1.99. The van der Waals surface area contributed by atoms with Gasteiger partial charge in [0.25, 0.3) is 0 Å². The van der Waals surface area contributed by atoms with E-state index in [2.05, 4.69) is 44.5 Å². The van der Waals surface area contributed by atoms with E-state index in [-0.39, 0.29) is 0 Å². The summed E-state index contributed by atoms with van der Waals surface area (Å²) in [4.78, 5) is 15.5. The molecule has 2 aromatic heterocycles. The quantitative estimate of drug-likeness (QED) is 0.628. The fraction of sp³-hybridized carbons (Fsp3) is 0.533. The number of rotatable bonds is 5. The average Bonchev–Trinajstić information content (AvgIpc) is 2.90. The summed E-state index contributed by atoms with van der Waals surface area (Å²) < 4.78 is 2.29. The summed E-state index contributed by atoms with van der Waals surface area (Å²) >= 11 is 1.58. The lowest BCUT2D eigenvalue weighted by Crippen LogP contribution is -2.49. The zero-order chi connectivity index (χ0) is 14.8. The monoisotopic (exact) mass is 303 g/mol. The molecule has 1 fully saturated rings. The summed E-state index contributed by atoms with van der Waals surface area (Å²) in [6.45, 7) is 7.54. The van der Waals surface area contributed by atoms with E-state index in [1.54, 1.807) is 11.8 Å². The van der Waals surface area contributed by atoms with Crippen LogP contribution >= 0.6 is 11.8 Å². The third kappa shape index (κ3) is 3.05. The fourth-order valence-corrected chi connectivity index (χ4v) is 3.08. The van der Waals surface area contributed by atoms with Gasteiger partial charge >= 0.3 is 0 Å². The standard InChI is InChI=1S/C15H21N5S/c1-11(2)14-16-6-7-19(14)8-12-9-20(10-12)13-4-5-17-15(18-13)21-3/h4-7,11-12H,8-10H2,1-3H3. The van der Waals surface area contributed by atoms with E-state index >= 15 is 0 Å². The molecule has 0 aliphatic carbocycles. The van der Waals surface area contributed by atoms with Crippen molar-refractivity contribution in [1.29, 1.82) is 0 Å². The van der Waals surface area contributed by atoms with Crippen LogP contribution in [-0.4, -0.2) is 38.9 Å². The third-order valence-corrected chi connectivity index (χ3v) is 4.36. The Morgan fingerprint density at radius 1 is 1.29 bits per heavy atom. The Morgan fingerprint density at radius 2 is 2.10 bits per heavy atom. The molecule has 1 aliphatic heterocycles. The molecule has 3 rings (SSSR count). The molecule has 3 heterocycles. The zero-order valence-electron chi connectivity index (χ0n) is 12.7. The van der Waals surface area contributed by atoms with Gasteiger partial charge in [0.1, 0.15) is 11.6 Å². The Labute approximate surface area is 129 Å². The van der Waals surface area contributed by atoms with Crippen LogP contribution in [0.15, 0.2) is 29.8 Å². The molecule has 0 aromatic carbocycles. The highest BCUT2D eigenvalue weighted by molar-refractivity contribution is 7.98. The van der Waals surface area contributed by atoms with Crippen LogP contribution in [0.5, 0.6) is 0 Å². The lowest BCUT2D eigenvalue weighted by molar-refractivity contribution is 0.348. The maximum absolute atomic E-state index is 4.55. The van der Waals surface area contributed by atoms with Crippen molar-refractivity contribution in [2.24, 2.45) is 5.92 Å². The van der Waals surface area contributed by atoms with E-state index in [4.69, 9.17) is 0 Å². The zero-order valence-corrected chi connectivity index (χ0v) is 13.5. The molecular weight excluding hydrogens is 282 g/mol. The van der Waals surface area contributed by atoms with E-state index in [9.17, 15) is 0 Å². The Kier molecular flexibility index (Phi) is 4.14. The third-order valence-electron chi connectivity index (χ3n) is 3.80. The van der Waals surface area contributed by atoms with Gasteiger partial charge in [0.15, 0.2) is 5.16 Å². The van der Waals surface area contributed by atoms with Crippen molar-refractivity contribution < 1.29 is 0 Å². The molecule has 1 saturated heterocycles. The van der Waals surface area contributed by atoms with Crippen molar-refractivity contribution in [3.63, 3.8) is 0 Å². The molecule has 112 valence electrons. The smallest absolute Gasteiger partial charge is 0.189 e. The van der Waals surface area contributed by atoms with Crippen LogP contribution < -0.4 is 4.90 Å². The minimum Gasteiger partial charge on any atom is -0.356 e. The first-order chi connectivity index (χ1) is 10.2. The van der Waals surface area contributed by atoms with Gasteiger partial charge < -0.3 is 9.47 Å². The number of hydrogen-bond acceptors (Lipinski definition) is 5. The van der Waals surface area contributed by atoms with E-state index in [1.807, 2.05) is 24.7 Å². The van der Waals surface area contributed by atoms with Crippen LogP contribution in [-0.2, 0) is 6.54 Å². The van der Waals surface area contributed by atoms with Crippen LogP contribution in [0.4, 0.5) is 5.82 Å². The van der Waals surface area contributed by atoms with Gasteiger partial charge in [-0.2, -0.15) is 0 Å². The van der Waals surface area contributed by atoms with Gasteiger partial charge in [0, 0.05) is 50.1 Å². The molecular formula is C15H21N5S. The second-order valence-corrected chi connectivity index (χ2v) is 6.54. The van der Waals surface area contributed by atoms with Gasteiger partial charge in [-0.3, -0.25) is 0 Å². The van der Waals surface area contributed by atoms with Crippen LogP contribution in [0.3, 0.4) is 0 Å². The summed E-state index contributed by atoms with van der Waals surface area (Å²) in [5.74, 6) is 3.37. The molecule has 0 unspecified atom stereocenters. The Morgan fingerprint density at radius 3 is 2.81 bits per heavy atom. The predicted molar refractivity (Wildman–Crippen MR) is 85.8 cm³/mol. The Bertz CT molecular complexity index is 604. The topological polar surface area (TPSA) is 46.8 Å². The van der Waals surface area contributed by atoms with Crippen molar-refractivity contribution in [2.75, 3.05) is 24.2 Å². The van der Waals surface area contributed by atoms with E-state index in [1.165, 1.54) is 5.82 Å². The second-order valence-electron chi connectivity index (χ2n) is 5.77. The molecule has 6 heteroatoms. The van der Waals surface area contributed by atoms with Crippen LogP contribution in [0.25, 0.3) is 0 Å². The second kappa shape index (κ2) is 6.05. The van der Waals surface area contributed by atoms with Gasteiger partial charge in [-0.05, 0) is 12.3 Å². The number of imidazole rings is 1. The van der Waals surface area contributed by atoms with E-state index in [0.29, 0.717) is 11.8 Å². The molecule has 5 nitrogen and oxygen atoms in total. The number of thioether (sulfide) groups is 1. The average molecular weight is 303 g/mol. The van der Waals surface area contributed by atoms with Crippen LogP contribution in [0.2, 0.25) is 0 Å². The van der Waals surface area contributed by atoms with Crippen LogP contribution in [0.1, 0.15) is 25.6 Å². The maximum Gasteiger partial charge on any atom is 0.189 e. The largest absolute Gasteiger partial charge is 0.356 e. The normalized spacial score (nSPS) is 15.5. The first kappa shape index (κ1) is 14.4. The maximum atomic E-state index is 4.55. The number of aromatic nitrogens is 4. The van der Waals surface area contributed by atoms with Crippen molar-refractivity contribution in [3.05, 3.63) is 30.5 Å². The first-order valence-electron chi connectivity index (χ1n) is 7.30. The molecule has 0 bridgehead atoms. The highest BCUT2D eigenvalue weighted by Gasteiger charge is 2.28. The lowest BCUT2D eigenvalue weighted by Gasteiger charge is -2.40. The van der Waals surface area contributed by atoms with Crippen molar-refractivity contribution >= 4 is 17.6 Å². The predicted octanol–water partition coefficient (Wildman–Crippen LogP) is 2.65. The first-order valence-corrected chi connectivity index (χ1v) is 8.53. The molecule has 1 aliphatic rings. The van der Waals surface area contributed by atoms with Gasteiger partial charge in [0.2, 0.25) is 0 Å². The Balaban J connectivity index is 1.59. The SMILES string of the molecule is CSc1nccc(N2CC(Cn3ccnc3C(C)C)C2)n1. The summed E-state index contributed by atoms with van der Waals surface area (Å²) in [5.41, 5.74) is 0. The van der Waals surface area contributed by atoms with Gasteiger partial charge in [-0.1, -0.05) is 25.6 Å². The van der Waals surface area contributed by atoms with Crippen molar-refractivity contribution in [3.8, 4) is 0 Å². The molecule has 0 saturated carbocycles. The molecule has 21 heavy (non-hydrogen) atoms. The van der Waals surface area contributed by atoms with Crippen molar-refractivity contribution in [1.82, 2.24) is 19.5 Å². The van der Waals surface area contributed by atoms with Crippen LogP contribution in [0, 0.1) is 5.92 Å². The Hall–Kier alpha value is -1.56. The summed E-state index contributed by atoms with van der Waals surface area (Å²) in [6.07, 6.45) is 7.84. The molecule has 0 atom stereocenters. The molecule has 0 amide bonds.